The molecule has 0 saturated heterocycles. The largest absolute Gasteiger partial charge is 0.323 e. The average molecular weight is 278 g/mol. The maximum Gasteiger partial charge on any atom is 0.323 e. The second-order valence-electron chi connectivity index (χ2n) is 3.98. The van der Waals surface area contributed by atoms with Crippen LogP contribution >= 0.6 is 0 Å². The van der Waals surface area contributed by atoms with Crippen molar-refractivity contribution in [2.45, 2.75) is 17.9 Å². The molecule has 0 saturated carbocycles. The summed E-state index contributed by atoms with van der Waals surface area (Å²) in [5.41, 5.74) is 0.839. The third-order valence-electron chi connectivity index (χ3n) is 2.57. The van der Waals surface area contributed by atoms with Crippen molar-refractivity contribution in [3.8, 4) is 0 Å². The maximum atomic E-state index is 11.8. The topological polar surface area (TPSA) is 52.6 Å². The monoisotopic (exact) mass is 278 g/mol. The SMILES string of the molecule is CC(OOS(=O)(=O)c1ccccc1)c1ccccc1. The molecule has 0 aliphatic rings. The summed E-state index contributed by atoms with van der Waals surface area (Å²) in [4.78, 5) is 5.02. The first-order valence-electron chi connectivity index (χ1n) is 5.79. The highest BCUT2D eigenvalue weighted by Gasteiger charge is 2.18. The molecule has 0 spiro atoms. The van der Waals surface area contributed by atoms with E-state index in [1.807, 2.05) is 30.3 Å². The van der Waals surface area contributed by atoms with Gasteiger partial charge in [0.25, 0.3) is 0 Å². The maximum absolute atomic E-state index is 11.8. The van der Waals surface area contributed by atoms with E-state index < -0.39 is 16.2 Å². The van der Waals surface area contributed by atoms with E-state index >= 15 is 0 Å². The van der Waals surface area contributed by atoms with Gasteiger partial charge >= 0.3 is 10.1 Å². The predicted octanol–water partition coefficient (Wildman–Crippen LogP) is 3.08. The zero-order valence-electron chi connectivity index (χ0n) is 10.4. The molecule has 2 aromatic carbocycles. The van der Waals surface area contributed by atoms with Gasteiger partial charge in [0, 0.05) is 0 Å². The Bertz CT molecular complexity index is 608. The van der Waals surface area contributed by atoms with Crippen LogP contribution in [0.5, 0.6) is 0 Å². The van der Waals surface area contributed by atoms with Crippen LogP contribution in [0.4, 0.5) is 0 Å². The van der Waals surface area contributed by atoms with Crippen LogP contribution in [0.25, 0.3) is 0 Å². The van der Waals surface area contributed by atoms with Gasteiger partial charge in [0.05, 0.1) is 4.90 Å². The summed E-state index contributed by atoms with van der Waals surface area (Å²) in [6.45, 7) is 1.72. The summed E-state index contributed by atoms with van der Waals surface area (Å²) >= 11 is 0. The molecule has 0 aromatic heterocycles. The number of hydrogen-bond acceptors (Lipinski definition) is 4. The first-order chi connectivity index (χ1) is 9.09. The molecule has 19 heavy (non-hydrogen) atoms. The molecule has 0 amide bonds. The van der Waals surface area contributed by atoms with Crippen LogP contribution in [-0.4, -0.2) is 8.42 Å². The van der Waals surface area contributed by atoms with Gasteiger partial charge in [-0.25, -0.2) is 4.89 Å². The molecule has 0 radical (unpaired) electrons. The van der Waals surface area contributed by atoms with E-state index in [4.69, 9.17) is 4.89 Å². The number of rotatable bonds is 5. The van der Waals surface area contributed by atoms with Crippen LogP contribution in [0, 0.1) is 0 Å². The first kappa shape index (κ1) is 13.7. The van der Waals surface area contributed by atoms with Crippen LogP contribution in [0.2, 0.25) is 0 Å². The van der Waals surface area contributed by atoms with Crippen LogP contribution < -0.4 is 0 Å². The van der Waals surface area contributed by atoms with Crippen LogP contribution in [0.15, 0.2) is 65.6 Å². The molecular weight excluding hydrogens is 264 g/mol. The quantitative estimate of drug-likeness (QED) is 0.623. The Morgan fingerprint density at radius 3 is 2.00 bits per heavy atom. The lowest BCUT2D eigenvalue weighted by Crippen LogP contribution is -2.09. The Morgan fingerprint density at radius 1 is 0.895 bits per heavy atom. The zero-order valence-corrected chi connectivity index (χ0v) is 11.2. The second kappa shape index (κ2) is 5.97. The normalized spacial score (nSPS) is 13.1. The third-order valence-corrected chi connectivity index (χ3v) is 3.68. The Balaban J connectivity index is 2.03. The van der Waals surface area contributed by atoms with E-state index in [1.54, 1.807) is 25.1 Å². The zero-order chi connectivity index (χ0) is 13.7. The van der Waals surface area contributed by atoms with E-state index in [2.05, 4.69) is 4.33 Å². The van der Waals surface area contributed by atoms with Crippen molar-refractivity contribution in [1.82, 2.24) is 0 Å². The summed E-state index contributed by atoms with van der Waals surface area (Å²) in [7, 11) is -3.89. The molecule has 2 rings (SSSR count). The standard InChI is InChI=1S/C14H14O4S/c1-12(13-8-4-2-5-9-13)17-18-19(15,16)14-10-6-3-7-11-14/h2-12H,1H3. The van der Waals surface area contributed by atoms with Gasteiger partial charge in [0.1, 0.15) is 6.10 Å². The Hall–Kier alpha value is -1.69. The van der Waals surface area contributed by atoms with Crippen LogP contribution in [0.3, 0.4) is 0 Å². The average Bonchev–Trinajstić information content (AvgIpc) is 2.47. The third kappa shape index (κ3) is 3.64. The van der Waals surface area contributed by atoms with Crippen molar-refractivity contribution in [3.63, 3.8) is 0 Å². The van der Waals surface area contributed by atoms with Crippen molar-refractivity contribution >= 4 is 10.1 Å². The van der Waals surface area contributed by atoms with Gasteiger partial charge in [-0.1, -0.05) is 48.5 Å². The molecule has 0 fully saturated rings. The van der Waals surface area contributed by atoms with Gasteiger partial charge in [-0.05, 0) is 24.6 Å². The van der Waals surface area contributed by atoms with E-state index in [9.17, 15) is 8.42 Å². The molecule has 0 heterocycles. The second-order valence-corrected chi connectivity index (χ2v) is 5.50. The Labute approximate surface area is 112 Å². The van der Waals surface area contributed by atoms with Gasteiger partial charge in [0.15, 0.2) is 0 Å². The number of benzene rings is 2. The van der Waals surface area contributed by atoms with E-state index in [0.29, 0.717) is 0 Å². The van der Waals surface area contributed by atoms with Gasteiger partial charge in [-0.15, -0.1) is 4.33 Å². The minimum Gasteiger partial charge on any atom is -0.212 e. The first-order valence-corrected chi connectivity index (χ1v) is 7.20. The fourth-order valence-corrected chi connectivity index (χ4v) is 2.31. The van der Waals surface area contributed by atoms with Crippen LogP contribution in [-0.2, 0) is 19.3 Å². The molecule has 0 aliphatic heterocycles. The molecule has 100 valence electrons. The lowest BCUT2D eigenvalue weighted by Gasteiger charge is -2.11. The van der Waals surface area contributed by atoms with E-state index in [-0.39, 0.29) is 4.90 Å². The lowest BCUT2D eigenvalue weighted by molar-refractivity contribution is -0.238. The molecule has 4 nitrogen and oxygen atoms in total. The molecule has 1 atom stereocenters. The van der Waals surface area contributed by atoms with Crippen molar-refractivity contribution in [3.05, 3.63) is 66.2 Å². The number of hydrogen-bond donors (Lipinski definition) is 0. The lowest BCUT2D eigenvalue weighted by atomic mass is 10.1. The highest BCUT2D eigenvalue weighted by molar-refractivity contribution is 7.86. The Morgan fingerprint density at radius 2 is 1.42 bits per heavy atom. The molecule has 2 aromatic rings. The van der Waals surface area contributed by atoms with Crippen molar-refractivity contribution in [2.75, 3.05) is 0 Å². The fourth-order valence-electron chi connectivity index (χ4n) is 1.52. The van der Waals surface area contributed by atoms with Crippen molar-refractivity contribution in [2.24, 2.45) is 0 Å². The molecule has 0 bridgehead atoms. The highest BCUT2D eigenvalue weighted by atomic mass is 32.2. The summed E-state index contributed by atoms with van der Waals surface area (Å²) in [5, 5.41) is 0. The predicted molar refractivity (Wildman–Crippen MR) is 70.7 cm³/mol. The van der Waals surface area contributed by atoms with Gasteiger partial charge in [-0.2, -0.15) is 8.42 Å². The Kier molecular flexibility index (Phi) is 4.31. The highest BCUT2D eigenvalue weighted by Crippen LogP contribution is 2.19. The van der Waals surface area contributed by atoms with E-state index in [1.165, 1.54) is 12.1 Å². The summed E-state index contributed by atoms with van der Waals surface area (Å²) in [6.07, 6.45) is -0.473. The summed E-state index contributed by atoms with van der Waals surface area (Å²) in [6, 6.07) is 17.1. The molecule has 5 heteroatoms. The van der Waals surface area contributed by atoms with Crippen molar-refractivity contribution < 1.29 is 17.6 Å². The molecule has 1 unspecified atom stereocenters. The molecule has 0 aliphatic carbocycles. The van der Waals surface area contributed by atoms with Gasteiger partial charge in [0.2, 0.25) is 0 Å². The van der Waals surface area contributed by atoms with E-state index in [0.717, 1.165) is 5.56 Å². The minimum atomic E-state index is -3.89. The summed E-state index contributed by atoms with van der Waals surface area (Å²) < 4.78 is 28.2. The van der Waals surface area contributed by atoms with Crippen LogP contribution in [0.1, 0.15) is 18.6 Å². The molecular formula is C14H14O4S. The minimum absolute atomic E-state index is 0.0651. The smallest absolute Gasteiger partial charge is 0.212 e. The van der Waals surface area contributed by atoms with Gasteiger partial charge in [-0.3, -0.25) is 0 Å². The molecule has 0 N–H and O–H groups in total. The van der Waals surface area contributed by atoms with Gasteiger partial charge < -0.3 is 0 Å². The summed E-state index contributed by atoms with van der Waals surface area (Å²) in [5.74, 6) is 0. The fraction of sp³-hybridized carbons (Fsp3) is 0.143. The van der Waals surface area contributed by atoms with Crippen molar-refractivity contribution in [1.29, 1.82) is 0 Å².